The van der Waals surface area contributed by atoms with Crippen LogP contribution in [0.15, 0.2) is 24.3 Å². The number of hydrogen-bond donors (Lipinski definition) is 1. The summed E-state index contributed by atoms with van der Waals surface area (Å²) in [7, 11) is 0. The molecule has 0 aliphatic carbocycles. The van der Waals surface area contributed by atoms with Gasteiger partial charge in [-0.15, -0.1) is 0 Å². The first-order chi connectivity index (χ1) is 7.99. The van der Waals surface area contributed by atoms with Gasteiger partial charge in [0.25, 0.3) is 0 Å². The molecule has 3 nitrogen and oxygen atoms in total. The maximum atomic E-state index is 11.4. The normalized spacial score (nSPS) is 12.3. The predicted molar refractivity (Wildman–Crippen MR) is 69.1 cm³/mol. The second-order valence-corrected chi connectivity index (χ2v) is 4.69. The third kappa shape index (κ3) is 4.89. The molecule has 1 atom stereocenters. The predicted octanol–water partition coefficient (Wildman–Crippen LogP) is 2.53. The first kappa shape index (κ1) is 13.6. The van der Waals surface area contributed by atoms with Gasteiger partial charge in [0.15, 0.2) is 0 Å². The van der Waals surface area contributed by atoms with Gasteiger partial charge in [0.2, 0.25) is 5.91 Å². The minimum Gasteiger partial charge on any atom is -0.491 e. The van der Waals surface area contributed by atoms with Gasteiger partial charge in [-0.25, -0.2) is 0 Å². The van der Waals surface area contributed by atoms with E-state index in [2.05, 4.69) is 5.32 Å². The van der Waals surface area contributed by atoms with Crippen LogP contribution in [0.1, 0.15) is 26.3 Å². The minimum atomic E-state index is 0.0109. The number of rotatable bonds is 5. The van der Waals surface area contributed by atoms with Crippen molar-refractivity contribution in [1.29, 1.82) is 0 Å². The van der Waals surface area contributed by atoms with Crippen LogP contribution in [0.3, 0.4) is 0 Å². The monoisotopic (exact) mass is 235 g/mol. The molecule has 94 valence electrons. The van der Waals surface area contributed by atoms with E-state index in [0.717, 1.165) is 5.75 Å². The van der Waals surface area contributed by atoms with Crippen LogP contribution in [0, 0.1) is 12.8 Å². The maximum Gasteiger partial charge on any atom is 0.222 e. The molecule has 1 aromatic carbocycles. The zero-order valence-corrected chi connectivity index (χ0v) is 11.0. The topological polar surface area (TPSA) is 38.3 Å². The van der Waals surface area contributed by atoms with E-state index in [1.807, 2.05) is 52.0 Å². The SMILES string of the molecule is Cc1ccc(OC[C@@H](C)NC(=O)C(C)C)cc1. The van der Waals surface area contributed by atoms with Crippen molar-refractivity contribution in [2.45, 2.75) is 33.7 Å². The van der Waals surface area contributed by atoms with E-state index in [-0.39, 0.29) is 17.9 Å². The van der Waals surface area contributed by atoms with Crippen molar-refractivity contribution in [3.05, 3.63) is 29.8 Å². The Hall–Kier alpha value is -1.51. The van der Waals surface area contributed by atoms with E-state index in [9.17, 15) is 4.79 Å². The number of carbonyl (C=O) groups excluding carboxylic acids is 1. The van der Waals surface area contributed by atoms with Gasteiger partial charge >= 0.3 is 0 Å². The summed E-state index contributed by atoms with van der Waals surface area (Å²) in [6.07, 6.45) is 0. The average molecular weight is 235 g/mol. The summed E-state index contributed by atoms with van der Waals surface area (Å²) in [6, 6.07) is 7.91. The molecular weight excluding hydrogens is 214 g/mol. The van der Waals surface area contributed by atoms with E-state index in [1.54, 1.807) is 0 Å². The average Bonchev–Trinajstić information content (AvgIpc) is 2.28. The minimum absolute atomic E-state index is 0.0109. The number of amides is 1. The molecule has 17 heavy (non-hydrogen) atoms. The molecule has 0 aromatic heterocycles. The van der Waals surface area contributed by atoms with E-state index >= 15 is 0 Å². The highest BCUT2D eigenvalue weighted by Gasteiger charge is 2.10. The maximum absolute atomic E-state index is 11.4. The lowest BCUT2D eigenvalue weighted by molar-refractivity contribution is -0.124. The van der Waals surface area contributed by atoms with Gasteiger partial charge in [0.05, 0.1) is 6.04 Å². The molecule has 0 heterocycles. The molecule has 0 radical (unpaired) electrons. The Morgan fingerprint density at radius 3 is 2.35 bits per heavy atom. The largest absolute Gasteiger partial charge is 0.491 e. The second kappa shape index (κ2) is 6.28. The Kier molecular flexibility index (Phi) is 5.01. The Morgan fingerprint density at radius 2 is 1.82 bits per heavy atom. The number of hydrogen-bond acceptors (Lipinski definition) is 2. The van der Waals surface area contributed by atoms with Crippen molar-refractivity contribution in [1.82, 2.24) is 5.32 Å². The van der Waals surface area contributed by atoms with Crippen LogP contribution in [0.25, 0.3) is 0 Å². The van der Waals surface area contributed by atoms with Crippen LogP contribution in [-0.2, 0) is 4.79 Å². The number of nitrogens with one attached hydrogen (secondary N) is 1. The van der Waals surface area contributed by atoms with E-state index < -0.39 is 0 Å². The van der Waals surface area contributed by atoms with E-state index in [4.69, 9.17) is 4.74 Å². The van der Waals surface area contributed by atoms with Gasteiger partial charge in [0.1, 0.15) is 12.4 Å². The van der Waals surface area contributed by atoms with Crippen LogP contribution in [0.4, 0.5) is 0 Å². The lowest BCUT2D eigenvalue weighted by Crippen LogP contribution is -2.39. The number of aryl methyl sites for hydroxylation is 1. The molecule has 1 N–H and O–H groups in total. The molecule has 0 unspecified atom stereocenters. The smallest absolute Gasteiger partial charge is 0.222 e. The Labute approximate surface area is 103 Å². The molecule has 0 aliphatic rings. The number of ether oxygens (including phenoxy) is 1. The van der Waals surface area contributed by atoms with Crippen molar-refractivity contribution in [3.8, 4) is 5.75 Å². The fourth-order valence-electron chi connectivity index (χ4n) is 1.31. The molecule has 0 saturated carbocycles. The Balaban J connectivity index is 2.35. The zero-order chi connectivity index (χ0) is 12.8. The molecule has 3 heteroatoms. The Bertz CT molecular complexity index is 357. The van der Waals surface area contributed by atoms with E-state index in [0.29, 0.717) is 6.61 Å². The van der Waals surface area contributed by atoms with Crippen LogP contribution >= 0.6 is 0 Å². The molecule has 0 saturated heterocycles. The highest BCUT2D eigenvalue weighted by atomic mass is 16.5. The molecule has 1 aromatic rings. The van der Waals surface area contributed by atoms with Gasteiger partial charge in [-0.1, -0.05) is 31.5 Å². The first-order valence-corrected chi connectivity index (χ1v) is 5.99. The molecule has 0 spiro atoms. The van der Waals surface area contributed by atoms with Crippen LogP contribution in [0.2, 0.25) is 0 Å². The highest BCUT2D eigenvalue weighted by molar-refractivity contribution is 5.78. The summed E-state index contributed by atoms with van der Waals surface area (Å²) >= 11 is 0. The third-order valence-electron chi connectivity index (χ3n) is 2.43. The van der Waals surface area contributed by atoms with Crippen molar-refractivity contribution in [2.75, 3.05) is 6.61 Å². The quantitative estimate of drug-likeness (QED) is 0.851. The molecular formula is C14H21NO2. The summed E-state index contributed by atoms with van der Waals surface area (Å²) in [5.41, 5.74) is 1.21. The highest BCUT2D eigenvalue weighted by Crippen LogP contribution is 2.11. The Morgan fingerprint density at radius 1 is 1.24 bits per heavy atom. The summed E-state index contributed by atoms with van der Waals surface area (Å²) < 4.78 is 5.59. The first-order valence-electron chi connectivity index (χ1n) is 5.99. The molecule has 0 aliphatic heterocycles. The summed E-state index contributed by atoms with van der Waals surface area (Å²) in [5.74, 6) is 0.906. The van der Waals surface area contributed by atoms with Crippen molar-refractivity contribution >= 4 is 5.91 Å². The van der Waals surface area contributed by atoms with Gasteiger partial charge in [-0.2, -0.15) is 0 Å². The van der Waals surface area contributed by atoms with Gasteiger partial charge in [-0.05, 0) is 26.0 Å². The molecule has 1 amide bonds. The van der Waals surface area contributed by atoms with Crippen LogP contribution in [-0.4, -0.2) is 18.6 Å². The molecule has 0 fully saturated rings. The van der Waals surface area contributed by atoms with E-state index in [1.165, 1.54) is 5.56 Å². The number of benzene rings is 1. The van der Waals surface area contributed by atoms with Crippen molar-refractivity contribution in [2.24, 2.45) is 5.92 Å². The standard InChI is InChI=1S/C14H21NO2/c1-10(2)14(16)15-12(4)9-17-13-7-5-11(3)6-8-13/h5-8,10,12H,9H2,1-4H3,(H,15,16)/t12-/m1/s1. The van der Waals surface area contributed by atoms with Gasteiger partial charge in [-0.3, -0.25) is 4.79 Å². The summed E-state index contributed by atoms with van der Waals surface area (Å²) in [4.78, 5) is 11.4. The van der Waals surface area contributed by atoms with Crippen LogP contribution in [0.5, 0.6) is 5.75 Å². The van der Waals surface area contributed by atoms with Crippen molar-refractivity contribution in [3.63, 3.8) is 0 Å². The second-order valence-electron chi connectivity index (χ2n) is 4.69. The molecule has 1 rings (SSSR count). The third-order valence-corrected chi connectivity index (χ3v) is 2.43. The number of carbonyl (C=O) groups is 1. The summed E-state index contributed by atoms with van der Waals surface area (Å²) in [6.45, 7) is 8.22. The fraction of sp³-hybridized carbons (Fsp3) is 0.500. The lowest BCUT2D eigenvalue weighted by atomic mass is 10.2. The van der Waals surface area contributed by atoms with Gasteiger partial charge in [0, 0.05) is 5.92 Å². The zero-order valence-electron chi connectivity index (χ0n) is 11.0. The van der Waals surface area contributed by atoms with Crippen molar-refractivity contribution < 1.29 is 9.53 Å². The van der Waals surface area contributed by atoms with Gasteiger partial charge < -0.3 is 10.1 Å². The summed E-state index contributed by atoms with van der Waals surface area (Å²) in [5, 5.41) is 2.90. The van der Waals surface area contributed by atoms with Crippen LogP contribution < -0.4 is 10.1 Å². The lowest BCUT2D eigenvalue weighted by Gasteiger charge is -2.16. The fourth-order valence-corrected chi connectivity index (χ4v) is 1.31. The molecule has 0 bridgehead atoms.